The molecule has 0 aliphatic heterocycles. The van der Waals surface area contributed by atoms with Crippen molar-refractivity contribution in [1.82, 2.24) is 0 Å². The molecule has 0 radical (unpaired) electrons. The summed E-state index contributed by atoms with van der Waals surface area (Å²) in [6, 6.07) is 3.31. The van der Waals surface area contributed by atoms with Crippen molar-refractivity contribution in [2.45, 2.75) is 27.2 Å². The van der Waals surface area contributed by atoms with Gasteiger partial charge in [0.1, 0.15) is 5.82 Å². The van der Waals surface area contributed by atoms with Gasteiger partial charge in [0.05, 0.1) is 5.92 Å². The van der Waals surface area contributed by atoms with Gasteiger partial charge in [-0.25, -0.2) is 4.39 Å². The largest absolute Gasteiger partial charge is 0.481 e. The lowest BCUT2D eigenvalue weighted by Gasteiger charge is -2.11. The number of halogens is 1. The molecule has 1 N–H and O–H groups in total. The molecule has 1 aromatic carbocycles. The Labute approximate surface area is 88.7 Å². The van der Waals surface area contributed by atoms with E-state index in [4.69, 9.17) is 5.11 Å². The van der Waals surface area contributed by atoms with E-state index in [1.165, 1.54) is 6.07 Å². The summed E-state index contributed by atoms with van der Waals surface area (Å²) in [5.74, 6) is -1.59. The average Bonchev–Trinajstić information content (AvgIpc) is 2.13. The van der Waals surface area contributed by atoms with E-state index in [1.54, 1.807) is 20.8 Å². The monoisotopic (exact) mass is 210 g/mol. The number of hydrogen-bond acceptors (Lipinski definition) is 1. The first-order chi connectivity index (χ1) is 6.91. The predicted octanol–water partition coefficient (Wildman–Crippen LogP) is 2.71. The quantitative estimate of drug-likeness (QED) is 0.832. The molecule has 0 bridgehead atoms. The van der Waals surface area contributed by atoms with E-state index in [1.807, 2.05) is 6.07 Å². The molecule has 15 heavy (non-hydrogen) atoms. The topological polar surface area (TPSA) is 37.3 Å². The van der Waals surface area contributed by atoms with Gasteiger partial charge >= 0.3 is 5.97 Å². The van der Waals surface area contributed by atoms with Crippen LogP contribution in [0.3, 0.4) is 0 Å². The Bertz CT molecular complexity index is 385. The molecule has 0 saturated carbocycles. The van der Waals surface area contributed by atoms with Crippen LogP contribution < -0.4 is 0 Å². The third-order valence-electron chi connectivity index (χ3n) is 2.54. The lowest BCUT2D eigenvalue weighted by atomic mass is 9.95. The van der Waals surface area contributed by atoms with E-state index in [0.717, 1.165) is 11.1 Å². The maximum absolute atomic E-state index is 13.3. The standard InChI is InChI=1S/C12H15FO2/c1-7-4-10(6-8(2)12(14)15)9(3)11(13)5-7/h4-5,8H,6H2,1-3H3,(H,14,15). The Morgan fingerprint density at radius 2 is 2.07 bits per heavy atom. The Kier molecular flexibility index (Phi) is 3.45. The first-order valence-corrected chi connectivity index (χ1v) is 4.90. The van der Waals surface area contributed by atoms with Crippen molar-refractivity contribution in [2.24, 2.45) is 5.92 Å². The SMILES string of the molecule is Cc1cc(F)c(C)c(CC(C)C(=O)O)c1. The fourth-order valence-electron chi connectivity index (χ4n) is 1.52. The van der Waals surface area contributed by atoms with Gasteiger partial charge in [0.2, 0.25) is 0 Å². The number of benzene rings is 1. The van der Waals surface area contributed by atoms with Crippen molar-refractivity contribution in [3.05, 3.63) is 34.6 Å². The zero-order valence-corrected chi connectivity index (χ0v) is 9.17. The van der Waals surface area contributed by atoms with Gasteiger partial charge in [0.15, 0.2) is 0 Å². The Morgan fingerprint density at radius 1 is 1.47 bits per heavy atom. The van der Waals surface area contributed by atoms with Gasteiger partial charge in [-0.3, -0.25) is 4.79 Å². The lowest BCUT2D eigenvalue weighted by molar-refractivity contribution is -0.141. The maximum atomic E-state index is 13.3. The van der Waals surface area contributed by atoms with E-state index in [0.29, 0.717) is 12.0 Å². The second-order valence-electron chi connectivity index (χ2n) is 3.97. The Morgan fingerprint density at radius 3 is 2.60 bits per heavy atom. The summed E-state index contributed by atoms with van der Waals surface area (Å²) in [6.45, 7) is 5.11. The van der Waals surface area contributed by atoms with Crippen molar-refractivity contribution in [3.8, 4) is 0 Å². The number of hydrogen-bond donors (Lipinski definition) is 1. The summed E-state index contributed by atoms with van der Waals surface area (Å²) < 4.78 is 13.3. The molecule has 0 aliphatic rings. The predicted molar refractivity (Wildman–Crippen MR) is 56.4 cm³/mol. The fourth-order valence-corrected chi connectivity index (χ4v) is 1.52. The molecule has 0 aliphatic carbocycles. The van der Waals surface area contributed by atoms with Crippen LogP contribution in [0.15, 0.2) is 12.1 Å². The summed E-state index contributed by atoms with van der Waals surface area (Å²) in [7, 11) is 0. The highest BCUT2D eigenvalue weighted by Gasteiger charge is 2.14. The van der Waals surface area contributed by atoms with Crippen molar-refractivity contribution >= 4 is 5.97 Å². The number of carboxylic acids is 1. The van der Waals surface area contributed by atoms with Crippen LogP contribution in [0, 0.1) is 25.6 Å². The van der Waals surface area contributed by atoms with Crippen molar-refractivity contribution in [1.29, 1.82) is 0 Å². The van der Waals surface area contributed by atoms with Crippen molar-refractivity contribution < 1.29 is 14.3 Å². The molecule has 1 atom stereocenters. The van der Waals surface area contributed by atoms with Crippen LogP contribution in [0.5, 0.6) is 0 Å². The molecular weight excluding hydrogens is 195 g/mol. The average molecular weight is 210 g/mol. The molecule has 0 amide bonds. The number of aryl methyl sites for hydroxylation is 1. The zero-order valence-electron chi connectivity index (χ0n) is 9.17. The minimum absolute atomic E-state index is 0.261. The van der Waals surface area contributed by atoms with Gasteiger partial charge in [0.25, 0.3) is 0 Å². The number of aliphatic carboxylic acids is 1. The zero-order chi connectivity index (χ0) is 11.6. The van der Waals surface area contributed by atoms with E-state index in [9.17, 15) is 9.18 Å². The fraction of sp³-hybridized carbons (Fsp3) is 0.417. The number of carbonyl (C=O) groups is 1. The van der Waals surface area contributed by atoms with Gasteiger partial charge in [-0.1, -0.05) is 13.0 Å². The molecule has 0 fully saturated rings. The molecule has 2 nitrogen and oxygen atoms in total. The third-order valence-corrected chi connectivity index (χ3v) is 2.54. The van der Waals surface area contributed by atoms with Crippen LogP contribution in [-0.2, 0) is 11.2 Å². The summed E-state index contributed by atoms with van der Waals surface area (Å²) in [5, 5.41) is 8.78. The van der Waals surface area contributed by atoms with Crippen LogP contribution in [0.1, 0.15) is 23.6 Å². The van der Waals surface area contributed by atoms with Crippen LogP contribution >= 0.6 is 0 Å². The number of rotatable bonds is 3. The van der Waals surface area contributed by atoms with E-state index < -0.39 is 11.9 Å². The van der Waals surface area contributed by atoms with Gasteiger partial charge < -0.3 is 5.11 Å². The van der Waals surface area contributed by atoms with E-state index in [2.05, 4.69) is 0 Å². The van der Waals surface area contributed by atoms with Gasteiger partial charge in [-0.15, -0.1) is 0 Å². The minimum Gasteiger partial charge on any atom is -0.481 e. The van der Waals surface area contributed by atoms with Crippen LogP contribution in [-0.4, -0.2) is 11.1 Å². The van der Waals surface area contributed by atoms with E-state index in [-0.39, 0.29) is 5.82 Å². The molecule has 1 aromatic rings. The summed E-state index contributed by atoms with van der Waals surface area (Å²) in [6.07, 6.45) is 0.375. The first kappa shape index (κ1) is 11.7. The highest BCUT2D eigenvalue weighted by molar-refractivity contribution is 5.70. The molecule has 82 valence electrons. The maximum Gasteiger partial charge on any atom is 0.306 e. The molecular formula is C12H15FO2. The van der Waals surface area contributed by atoms with Gasteiger partial charge in [-0.2, -0.15) is 0 Å². The summed E-state index contributed by atoms with van der Waals surface area (Å²) >= 11 is 0. The normalized spacial score (nSPS) is 12.5. The molecule has 0 aromatic heterocycles. The van der Waals surface area contributed by atoms with Crippen molar-refractivity contribution in [3.63, 3.8) is 0 Å². The molecule has 1 unspecified atom stereocenters. The molecule has 0 heterocycles. The first-order valence-electron chi connectivity index (χ1n) is 4.90. The van der Waals surface area contributed by atoms with Gasteiger partial charge in [-0.05, 0) is 43.0 Å². The van der Waals surface area contributed by atoms with Crippen LogP contribution in [0.2, 0.25) is 0 Å². The highest BCUT2D eigenvalue weighted by atomic mass is 19.1. The van der Waals surface area contributed by atoms with Crippen LogP contribution in [0.25, 0.3) is 0 Å². The smallest absolute Gasteiger partial charge is 0.306 e. The molecule has 0 saturated heterocycles. The summed E-state index contributed by atoms with van der Waals surface area (Å²) in [4.78, 5) is 10.7. The second-order valence-corrected chi connectivity index (χ2v) is 3.97. The van der Waals surface area contributed by atoms with Crippen LogP contribution in [0.4, 0.5) is 4.39 Å². The Hall–Kier alpha value is -1.38. The molecule has 3 heteroatoms. The Balaban J connectivity index is 2.99. The van der Waals surface area contributed by atoms with Gasteiger partial charge in [0, 0.05) is 0 Å². The van der Waals surface area contributed by atoms with Crippen molar-refractivity contribution in [2.75, 3.05) is 0 Å². The lowest BCUT2D eigenvalue weighted by Crippen LogP contribution is -2.13. The molecule has 1 rings (SSSR count). The third kappa shape index (κ3) is 2.78. The second kappa shape index (κ2) is 4.43. The highest BCUT2D eigenvalue weighted by Crippen LogP contribution is 2.18. The molecule has 0 spiro atoms. The minimum atomic E-state index is -0.851. The summed E-state index contributed by atoms with van der Waals surface area (Å²) in [5.41, 5.74) is 2.15. The van der Waals surface area contributed by atoms with E-state index >= 15 is 0 Å². The number of carboxylic acid groups (broad SMARTS) is 1.